The molecule has 103 valence electrons. The third-order valence-electron chi connectivity index (χ3n) is 4.04. The summed E-state index contributed by atoms with van der Waals surface area (Å²) in [7, 11) is 4.34. The van der Waals surface area contributed by atoms with Crippen molar-refractivity contribution in [2.45, 2.75) is 38.1 Å². The van der Waals surface area contributed by atoms with E-state index in [2.05, 4.69) is 55.2 Å². The molecule has 2 aliphatic rings. The molecule has 6 heteroatoms. The van der Waals surface area contributed by atoms with Crippen molar-refractivity contribution in [3.63, 3.8) is 0 Å². The maximum absolute atomic E-state index is 12.0. The maximum atomic E-state index is 12.0. The molecule has 0 aromatic heterocycles. The Morgan fingerprint density at radius 1 is 1.40 bits per heavy atom. The number of carbonyl (C=O) groups excluding carboxylic acids is 2. The predicted molar refractivity (Wildman–Crippen MR) is 80.9 cm³/mol. The van der Waals surface area contributed by atoms with Gasteiger partial charge in [0.2, 0.25) is 5.91 Å². The van der Waals surface area contributed by atoms with Gasteiger partial charge in [0.15, 0.2) is 5.78 Å². The van der Waals surface area contributed by atoms with Gasteiger partial charge in [-0.3, -0.25) is 9.59 Å². The average molecular weight is 287 g/mol. The van der Waals surface area contributed by atoms with Gasteiger partial charge in [-0.15, -0.1) is 0 Å². The first-order chi connectivity index (χ1) is 9.52. The number of hydrogen-bond acceptors (Lipinski definition) is 4. The van der Waals surface area contributed by atoms with Crippen LogP contribution >= 0.6 is 12.8 Å². The number of hydrogen-bond donors (Lipinski definition) is 2. The number of carbonyl (C=O) groups is 2. The van der Waals surface area contributed by atoms with Crippen LogP contribution in [0.15, 0.2) is 22.5 Å². The van der Waals surface area contributed by atoms with Crippen molar-refractivity contribution in [3.8, 4) is 0 Å². The van der Waals surface area contributed by atoms with Crippen LogP contribution < -0.4 is 5.32 Å². The van der Waals surface area contributed by atoms with Crippen molar-refractivity contribution in [3.05, 3.63) is 34.9 Å². The molecule has 0 bridgehead atoms. The van der Waals surface area contributed by atoms with Crippen LogP contribution in [0.1, 0.15) is 29.5 Å². The number of thiol groups is 1. The van der Waals surface area contributed by atoms with Crippen molar-refractivity contribution in [2.75, 3.05) is 0 Å². The first kappa shape index (κ1) is 15.0. The zero-order valence-electron chi connectivity index (χ0n) is 11.3. The Hall–Kier alpha value is -1.43. The second-order valence-electron chi connectivity index (χ2n) is 5.24. The van der Waals surface area contributed by atoms with Crippen molar-refractivity contribution >= 4 is 32.1 Å². The number of aryl methyl sites for hydroxylation is 2. The monoisotopic (exact) mass is 287 g/mol. The van der Waals surface area contributed by atoms with E-state index < -0.39 is 5.54 Å². The van der Waals surface area contributed by atoms with Gasteiger partial charge in [0.1, 0.15) is 5.54 Å². The molecule has 1 aromatic carbocycles. The van der Waals surface area contributed by atoms with Crippen molar-refractivity contribution in [1.82, 2.24) is 5.32 Å². The third-order valence-corrected chi connectivity index (χ3v) is 4.04. The Bertz CT molecular complexity index is 576. The first-order valence-electron chi connectivity index (χ1n) is 6.48. The van der Waals surface area contributed by atoms with Crippen LogP contribution in [-0.4, -0.2) is 24.9 Å². The number of fused-ring (bicyclic) bond motifs is 1. The van der Waals surface area contributed by atoms with Gasteiger partial charge >= 0.3 is 24.8 Å². The van der Waals surface area contributed by atoms with E-state index >= 15 is 0 Å². The normalized spacial score (nSPS) is 23.6. The fourth-order valence-corrected chi connectivity index (χ4v) is 3.03. The Morgan fingerprint density at radius 2 is 2.10 bits per heavy atom. The van der Waals surface area contributed by atoms with Crippen molar-refractivity contribution < 1.29 is 9.59 Å². The second-order valence-corrected chi connectivity index (χ2v) is 5.47. The molecule has 1 amide bonds. The molecular formula is C14H16BN2O2S. The summed E-state index contributed by atoms with van der Waals surface area (Å²) >= 11 is 3.19. The Kier molecular flexibility index (Phi) is 4.43. The molecule has 1 atom stereocenters. The van der Waals surface area contributed by atoms with E-state index in [0.29, 0.717) is 6.42 Å². The Balaban J connectivity index is 0.000000452. The third kappa shape index (κ3) is 2.70. The fourth-order valence-electron chi connectivity index (χ4n) is 3.03. The van der Waals surface area contributed by atoms with Gasteiger partial charge in [-0.2, -0.15) is 0 Å². The van der Waals surface area contributed by atoms with Gasteiger partial charge in [-0.05, 0) is 36.5 Å². The molecule has 1 fully saturated rings. The SMILES string of the molecule is Cc1cccc2c1CC1(CC2)NC(=O)CC1=O.[B]=NS. The molecule has 1 radical (unpaired) electrons. The topological polar surface area (TPSA) is 58.5 Å². The average Bonchev–Trinajstić information content (AvgIpc) is 2.66. The van der Waals surface area contributed by atoms with E-state index in [9.17, 15) is 9.59 Å². The van der Waals surface area contributed by atoms with Gasteiger partial charge in [-0.25, -0.2) is 0 Å². The van der Waals surface area contributed by atoms with E-state index in [1.54, 1.807) is 0 Å². The van der Waals surface area contributed by atoms with Crippen LogP contribution in [0, 0.1) is 6.92 Å². The molecule has 1 aliphatic heterocycles. The van der Waals surface area contributed by atoms with Crippen molar-refractivity contribution in [1.29, 1.82) is 0 Å². The van der Waals surface area contributed by atoms with E-state index in [1.165, 1.54) is 16.7 Å². The van der Waals surface area contributed by atoms with E-state index in [4.69, 9.17) is 0 Å². The predicted octanol–water partition coefficient (Wildman–Crippen LogP) is 1.49. The molecule has 1 aliphatic carbocycles. The van der Waals surface area contributed by atoms with Gasteiger partial charge in [-0.1, -0.05) is 18.2 Å². The minimum absolute atomic E-state index is 0.0568. The van der Waals surface area contributed by atoms with E-state index in [-0.39, 0.29) is 18.1 Å². The van der Waals surface area contributed by atoms with Crippen LogP contribution in [0.25, 0.3) is 0 Å². The molecule has 20 heavy (non-hydrogen) atoms. The van der Waals surface area contributed by atoms with Gasteiger partial charge < -0.3 is 5.32 Å². The molecule has 4 nitrogen and oxygen atoms in total. The number of nitrogens with zero attached hydrogens (tertiary/aromatic N) is 1. The standard InChI is InChI=1S/C14H15NO2.BHNS/c1-9-3-2-4-10-5-6-14(8-11(9)10)12(16)7-13(17)15-14;1-2-3/h2-4H,5-8H2,1H3,(H,15,17);3H. The Labute approximate surface area is 125 Å². The number of Topliss-reactive ketones (excluding diaryl/α,β-unsaturated/α-hetero) is 1. The van der Waals surface area contributed by atoms with Crippen molar-refractivity contribution in [2.24, 2.45) is 4.30 Å². The van der Waals surface area contributed by atoms with Gasteiger partial charge in [0.25, 0.3) is 0 Å². The molecule has 1 unspecified atom stereocenters. The van der Waals surface area contributed by atoms with E-state index in [0.717, 1.165) is 12.8 Å². The second kappa shape index (κ2) is 5.91. The zero-order valence-corrected chi connectivity index (χ0v) is 12.2. The first-order valence-corrected chi connectivity index (χ1v) is 6.88. The number of rotatable bonds is 0. The molecule has 1 spiro atoms. The molecule has 1 N–H and O–H groups in total. The number of nitrogens with one attached hydrogen (secondary N) is 1. The number of benzene rings is 1. The summed E-state index contributed by atoms with van der Waals surface area (Å²) in [5.41, 5.74) is 3.19. The van der Waals surface area contributed by atoms with Gasteiger partial charge in [0.05, 0.1) is 6.42 Å². The van der Waals surface area contributed by atoms with E-state index in [1.807, 2.05) is 0 Å². The van der Waals surface area contributed by atoms with Crippen LogP contribution in [0.2, 0.25) is 0 Å². The molecule has 1 saturated heterocycles. The van der Waals surface area contributed by atoms with Gasteiger partial charge in [0, 0.05) is 6.42 Å². The summed E-state index contributed by atoms with van der Waals surface area (Å²) in [6.45, 7) is 2.07. The van der Waals surface area contributed by atoms with Crippen LogP contribution in [0.4, 0.5) is 0 Å². The fraction of sp³-hybridized carbons (Fsp3) is 0.429. The molecule has 3 rings (SSSR count). The summed E-state index contributed by atoms with van der Waals surface area (Å²) in [5, 5.41) is 2.90. The summed E-state index contributed by atoms with van der Waals surface area (Å²) in [5.74, 6) is -0.0524. The summed E-state index contributed by atoms with van der Waals surface area (Å²) < 4.78 is 2.69. The Morgan fingerprint density at radius 3 is 2.70 bits per heavy atom. The van der Waals surface area contributed by atoms with Crippen LogP contribution in [-0.2, 0) is 22.4 Å². The molecule has 1 heterocycles. The molecular weight excluding hydrogens is 271 g/mol. The molecule has 1 aromatic rings. The summed E-state index contributed by atoms with van der Waals surface area (Å²) in [6, 6.07) is 6.25. The van der Waals surface area contributed by atoms with Crippen LogP contribution in [0.3, 0.4) is 0 Å². The molecule has 0 saturated carbocycles. The number of amides is 1. The summed E-state index contributed by atoms with van der Waals surface area (Å²) in [4.78, 5) is 23.4. The quantitative estimate of drug-likeness (QED) is 0.431. The van der Waals surface area contributed by atoms with Crippen LogP contribution in [0.5, 0.6) is 0 Å². The minimum atomic E-state index is -0.601. The zero-order chi connectivity index (χ0) is 14.8. The number of ketones is 1. The summed E-state index contributed by atoms with van der Waals surface area (Å²) in [6.07, 6.45) is 2.35.